The molecule has 1 fully saturated rings. The van der Waals surface area contributed by atoms with Crippen molar-refractivity contribution in [2.45, 2.75) is 12.0 Å². The number of hydrogen-bond acceptors (Lipinski definition) is 2. The van der Waals surface area contributed by atoms with Crippen LogP contribution in [0, 0.1) is 17.6 Å². The second kappa shape index (κ2) is 8.95. The minimum Gasteiger partial charge on any atom is -0.292 e. The van der Waals surface area contributed by atoms with E-state index in [-0.39, 0.29) is 17.5 Å². The third-order valence-electron chi connectivity index (χ3n) is 5.67. The van der Waals surface area contributed by atoms with Crippen LogP contribution in [0.3, 0.4) is 0 Å². The van der Waals surface area contributed by atoms with Crippen molar-refractivity contribution in [3.63, 3.8) is 0 Å². The summed E-state index contributed by atoms with van der Waals surface area (Å²) in [5.41, 5.74) is 9.95. The predicted octanol–water partition coefficient (Wildman–Crippen LogP) is 5.89. The lowest BCUT2D eigenvalue weighted by atomic mass is 9.78. The Labute approximate surface area is 189 Å². The Kier molecular flexibility index (Phi) is 6.28. The second-order valence-corrected chi connectivity index (χ2v) is 8.64. The van der Waals surface area contributed by atoms with Crippen LogP contribution in [0.2, 0.25) is 10.0 Å². The van der Waals surface area contributed by atoms with Gasteiger partial charge in [-0.1, -0.05) is 47.5 Å². The first-order chi connectivity index (χ1) is 14.8. The molecule has 4 rings (SSSR count). The Balaban J connectivity index is 1.61. The van der Waals surface area contributed by atoms with Gasteiger partial charge in [0.2, 0.25) is 5.91 Å². The third-order valence-corrected chi connectivity index (χ3v) is 6.18. The maximum atomic E-state index is 13.7. The lowest BCUT2D eigenvalue weighted by Crippen LogP contribution is -2.52. The van der Waals surface area contributed by atoms with Gasteiger partial charge in [0.05, 0.1) is 12.0 Å². The molecular formula is C24H19Cl2F2N2O. The number of nitrogens with one attached hydrogen (secondary N) is 1. The van der Waals surface area contributed by atoms with E-state index in [1.54, 1.807) is 0 Å². The monoisotopic (exact) mass is 459 g/mol. The Bertz CT molecular complexity index is 1020. The van der Waals surface area contributed by atoms with Crippen LogP contribution in [0.1, 0.15) is 28.7 Å². The summed E-state index contributed by atoms with van der Waals surface area (Å²) in [6, 6.07) is 18.0. The van der Waals surface area contributed by atoms with Crippen molar-refractivity contribution in [1.29, 1.82) is 0 Å². The van der Waals surface area contributed by atoms with E-state index in [1.165, 1.54) is 0 Å². The van der Waals surface area contributed by atoms with E-state index in [9.17, 15) is 13.6 Å². The van der Waals surface area contributed by atoms with Crippen LogP contribution in [0.4, 0.5) is 8.78 Å². The average molecular weight is 460 g/mol. The number of carbonyl (C=O) groups is 1. The van der Waals surface area contributed by atoms with E-state index in [2.05, 4.69) is 4.90 Å². The first-order valence-electron chi connectivity index (χ1n) is 9.78. The normalized spacial score (nSPS) is 15.6. The van der Waals surface area contributed by atoms with Gasteiger partial charge in [-0.15, -0.1) is 0 Å². The summed E-state index contributed by atoms with van der Waals surface area (Å²) in [6.07, 6.45) is 0. The molecule has 0 aliphatic carbocycles. The van der Waals surface area contributed by atoms with Crippen molar-refractivity contribution in [1.82, 2.24) is 10.6 Å². The van der Waals surface area contributed by atoms with Gasteiger partial charge in [0.25, 0.3) is 0 Å². The molecule has 159 valence electrons. The number of halogens is 4. The number of likely N-dealkylation sites (tertiary alicyclic amines) is 1. The minimum absolute atomic E-state index is 0.100. The number of amides is 1. The number of nitrogens with zero attached hydrogens (tertiary/aromatic N) is 1. The standard InChI is InChI=1S/C24H19Cl2F2N2O/c25-18-5-1-14(2-6-18)23(15-3-7-19(26)8-4-15)30-12-17(13-30)22(24(29)31)16-9-20(27)11-21(28)10-16/h1-11,17,22-23,29H,12-13H2. The summed E-state index contributed by atoms with van der Waals surface area (Å²) in [7, 11) is 0. The fraction of sp³-hybridized carbons (Fsp3) is 0.208. The van der Waals surface area contributed by atoms with E-state index < -0.39 is 23.5 Å². The third kappa shape index (κ3) is 4.74. The maximum Gasteiger partial charge on any atom is 0.246 e. The van der Waals surface area contributed by atoms with E-state index in [0.29, 0.717) is 23.1 Å². The zero-order valence-corrected chi connectivity index (χ0v) is 17.9. The molecule has 1 N–H and O–H groups in total. The molecule has 0 spiro atoms. The number of hydrogen-bond donors (Lipinski definition) is 0. The topological polar surface area (TPSA) is 44.1 Å². The lowest BCUT2D eigenvalue weighted by Gasteiger charge is -2.47. The van der Waals surface area contributed by atoms with E-state index >= 15 is 0 Å². The van der Waals surface area contributed by atoms with Gasteiger partial charge < -0.3 is 0 Å². The highest BCUT2D eigenvalue weighted by Gasteiger charge is 2.41. The zero-order valence-electron chi connectivity index (χ0n) is 16.4. The SMILES string of the molecule is [NH]C(=O)C(c1cc(F)cc(F)c1)C1CN(C(c2ccc(Cl)cc2)c2ccc(Cl)cc2)C1. The van der Waals surface area contributed by atoms with Gasteiger partial charge in [-0.3, -0.25) is 15.4 Å². The fourth-order valence-corrected chi connectivity index (χ4v) is 4.52. The van der Waals surface area contributed by atoms with Crippen LogP contribution in [-0.2, 0) is 4.79 Å². The van der Waals surface area contributed by atoms with E-state index in [0.717, 1.165) is 29.3 Å². The van der Waals surface area contributed by atoms with Crippen LogP contribution in [0.5, 0.6) is 0 Å². The molecule has 3 aromatic carbocycles. The minimum atomic E-state index is -0.877. The van der Waals surface area contributed by atoms with Crippen molar-refractivity contribution in [2.75, 3.05) is 13.1 Å². The Morgan fingerprint density at radius 1 is 0.839 bits per heavy atom. The Morgan fingerprint density at radius 3 is 1.71 bits per heavy atom. The first kappa shape index (κ1) is 21.8. The summed E-state index contributed by atoms with van der Waals surface area (Å²) in [6.45, 7) is 1.01. The molecule has 1 atom stereocenters. The maximum absolute atomic E-state index is 13.7. The molecule has 1 heterocycles. The van der Waals surface area contributed by atoms with Crippen LogP contribution in [0.25, 0.3) is 0 Å². The quantitative estimate of drug-likeness (QED) is 0.461. The van der Waals surface area contributed by atoms with Crippen LogP contribution >= 0.6 is 23.2 Å². The summed E-state index contributed by atoms with van der Waals surface area (Å²) >= 11 is 12.1. The van der Waals surface area contributed by atoms with Gasteiger partial charge in [0.1, 0.15) is 11.6 Å². The lowest BCUT2D eigenvalue weighted by molar-refractivity contribution is -0.123. The van der Waals surface area contributed by atoms with Gasteiger partial charge >= 0.3 is 0 Å². The highest BCUT2D eigenvalue weighted by molar-refractivity contribution is 6.30. The molecular weight excluding hydrogens is 441 g/mol. The summed E-state index contributed by atoms with van der Waals surface area (Å²) < 4.78 is 27.4. The average Bonchev–Trinajstić information content (AvgIpc) is 2.67. The molecule has 0 aromatic heterocycles. The molecule has 3 aromatic rings. The summed E-state index contributed by atoms with van der Waals surface area (Å²) in [5.74, 6) is -3.44. The molecule has 7 heteroatoms. The Morgan fingerprint density at radius 2 is 1.29 bits per heavy atom. The van der Waals surface area contributed by atoms with Crippen LogP contribution < -0.4 is 5.73 Å². The molecule has 31 heavy (non-hydrogen) atoms. The van der Waals surface area contributed by atoms with Crippen molar-refractivity contribution >= 4 is 29.1 Å². The highest BCUT2D eigenvalue weighted by atomic mass is 35.5. The molecule has 1 saturated heterocycles. The molecule has 1 aliphatic heterocycles. The van der Waals surface area contributed by atoms with Gasteiger partial charge in [-0.2, -0.15) is 0 Å². The van der Waals surface area contributed by atoms with Crippen molar-refractivity contribution in [3.05, 3.63) is 105 Å². The smallest absolute Gasteiger partial charge is 0.246 e. The van der Waals surface area contributed by atoms with Crippen LogP contribution in [-0.4, -0.2) is 23.9 Å². The summed E-state index contributed by atoms with van der Waals surface area (Å²) in [5, 5.41) is 1.26. The molecule has 1 unspecified atom stereocenters. The number of carbonyl (C=O) groups excluding carboxylic acids is 1. The van der Waals surface area contributed by atoms with Crippen molar-refractivity contribution in [3.8, 4) is 0 Å². The van der Waals surface area contributed by atoms with Crippen molar-refractivity contribution in [2.24, 2.45) is 5.92 Å². The second-order valence-electron chi connectivity index (χ2n) is 7.76. The van der Waals surface area contributed by atoms with E-state index in [4.69, 9.17) is 28.9 Å². The molecule has 1 amide bonds. The molecule has 0 bridgehead atoms. The van der Waals surface area contributed by atoms with Gasteiger partial charge in [0.15, 0.2) is 0 Å². The van der Waals surface area contributed by atoms with Crippen LogP contribution in [0.15, 0.2) is 66.7 Å². The molecule has 0 saturated carbocycles. The van der Waals surface area contributed by atoms with E-state index in [1.807, 2.05) is 48.5 Å². The molecule has 1 radical (unpaired) electrons. The number of rotatable bonds is 6. The molecule has 1 aliphatic rings. The summed E-state index contributed by atoms with van der Waals surface area (Å²) in [4.78, 5) is 14.2. The highest BCUT2D eigenvalue weighted by Crippen LogP contribution is 2.40. The largest absolute Gasteiger partial charge is 0.292 e. The van der Waals surface area contributed by atoms with Crippen molar-refractivity contribution < 1.29 is 13.6 Å². The van der Waals surface area contributed by atoms with Gasteiger partial charge in [-0.25, -0.2) is 8.78 Å². The molecule has 3 nitrogen and oxygen atoms in total. The van der Waals surface area contributed by atoms with Gasteiger partial charge in [0, 0.05) is 35.1 Å². The fourth-order valence-electron chi connectivity index (χ4n) is 4.27. The predicted molar refractivity (Wildman–Crippen MR) is 117 cm³/mol. The zero-order chi connectivity index (χ0) is 22.1. The first-order valence-corrected chi connectivity index (χ1v) is 10.5. The van der Waals surface area contributed by atoms with Gasteiger partial charge in [-0.05, 0) is 53.1 Å². The number of benzene rings is 3. The Hall–Kier alpha value is -2.47.